The fraction of sp³-hybridized carbons (Fsp3) is 1.00. The maximum Gasteiger partial charge on any atom is 0.225 e. The quantitative estimate of drug-likeness (QED) is 0.556. The van der Waals surface area contributed by atoms with E-state index in [2.05, 4.69) is 13.8 Å². The predicted molar refractivity (Wildman–Crippen MR) is 68.7 cm³/mol. The van der Waals surface area contributed by atoms with E-state index in [0.29, 0.717) is 6.42 Å². The molecule has 16 heavy (non-hydrogen) atoms. The van der Waals surface area contributed by atoms with Gasteiger partial charge in [0, 0.05) is 0 Å². The van der Waals surface area contributed by atoms with Crippen molar-refractivity contribution in [3.63, 3.8) is 0 Å². The van der Waals surface area contributed by atoms with E-state index < -0.39 is 10.0 Å². The maximum atomic E-state index is 10.5. The molecule has 0 aliphatic heterocycles. The molecule has 0 spiro atoms. The summed E-state index contributed by atoms with van der Waals surface area (Å²) >= 11 is 0. The Morgan fingerprint density at radius 2 is 1.31 bits per heavy atom. The van der Waals surface area contributed by atoms with Crippen LogP contribution >= 0.6 is 0 Å². The van der Waals surface area contributed by atoms with Crippen molar-refractivity contribution >= 4 is 10.0 Å². The molecule has 0 aliphatic carbocycles. The highest BCUT2D eigenvalue weighted by molar-refractivity contribution is 7.88. The van der Waals surface area contributed by atoms with E-state index in [1.807, 2.05) is 0 Å². The molecule has 0 saturated carbocycles. The number of rotatable bonds is 10. The lowest BCUT2D eigenvalue weighted by molar-refractivity contribution is 0.510. The summed E-state index contributed by atoms with van der Waals surface area (Å²) in [4.78, 5) is 0. The molecule has 0 heterocycles. The number of unbranched alkanes of at least 4 members (excludes halogenated alkanes) is 6. The standard InChI is InChI=1S/C12H26NO2S/c1-12(2)10-8-6-4-3-5-7-9-11-16(13,14)15/h12-13H,3-11H2,1-2H3. The summed E-state index contributed by atoms with van der Waals surface area (Å²) in [6, 6.07) is 0. The zero-order valence-electron chi connectivity index (χ0n) is 10.7. The van der Waals surface area contributed by atoms with Gasteiger partial charge in [-0.05, 0) is 12.3 Å². The molecule has 0 unspecified atom stereocenters. The van der Waals surface area contributed by atoms with Gasteiger partial charge in [0.1, 0.15) is 0 Å². The number of hydrogen-bond donors (Lipinski definition) is 0. The normalized spacial score (nSPS) is 12.2. The van der Waals surface area contributed by atoms with Gasteiger partial charge in [-0.3, -0.25) is 0 Å². The molecule has 0 rings (SSSR count). The lowest BCUT2D eigenvalue weighted by Gasteiger charge is -2.04. The van der Waals surface area contributed by atoms with Gasteiger partial charge in [0.2, 0.25) is 10.0 Å². The summed E-state index contributed by atoms with van der Waals surface area (Å²) in [6.45, 7) is 4.50. The SMILES string of the molecule is CC(C)CCCCCCCCCS([NH])(=O)=O. The molecule has 1 N–H and O–H groups in total. The van der Waals surface area contributed by atoms with Gasteiger partial charge in [-0.15, -0.1) is 5.14 Å². The van der Waals surface area contributed by atoms with E-state index in [1.165, 1.54) is 32.1 Å². The molecule has 0 amide bonds. The molecule has 0 aromatic carbocycles. The van der Waals surface area contributed by atoms with Gasteiger partial charge >= 0.3 is 0 Å². The van der Waals surface area contributed by atoms with Crippen molar-refractivity contribution in [2.75, 3.05) is 5.75 Å². The first-order valence-corrected chi connectivity index (χ1v) is 8.04. The molecular formula is C12H26NO2S. The van der Waals surface area contributed by atoms with Gasteiger partial charge in [0.05, 0.1) is 5.75 Å². The fourth-order valence-corrected chi connectivity index (χ4v) is 2.31. The average molecular weight is 248 g/mol. The van der Waals surface area contributed by atoms with Gasteiger partial charge in [-0.2, -0.15) is 0 Å². The lowest BCUT2D eigenvalue weighted by atomic mass is 10.0. The highest BCUT2D eigenvalue weighted by Crippen LogP contribution is 2.12. The number of nitrogens with one attached hydrogen (secondary N) is 1. The van der Waals surface area contributed by atoms with Gasteiger partial charge in [0.15, 0.2) is 0 Å². The fourth-order valence-electron chi connectivity index (χ4n) is 1.73. The Hall–Kier alpha value is -0.0900. The average Bonchev–Trinajstić information content (AvgIpc) is 2.13. The third-order valence-electron chi connectivity index (χ3n) is 2.69. The molecule has 0 aliphatic rings. The second kappa shape index (κ2) is 8.99. The molecule has 3 nitrogen and oxygen atoms in total. The topological polar surface area (TPSA) is 57.9 Å². The van der Waals surface area contributed by atoms with Crippen LogP contribution in [-0.4, -0.2) is 14.2 Å². The van der Waals surface area contributed by atoms with Crippen LogP contribution in [0, 0.1) is 5.92 Å². The molecule has 0 aromatic heterocycles. The van der Waals surface area contributed by atoms with E-state index in [1.54, 1.807) is 0 Å². The van der Waals surface area contributed by atoms with Crippen LogP contribution in [0.4, 0.5) is 0 Å². The molecule has 0 fully saturated rings. The van der Waals surface area contributed by atoms with E-state index in [0.717, 1.165) is 18.8 Å². The first-order chi connectivity index (χ1) is 7.42. The third-order valence-corrected chi connectivity index (χ3v) is 3.52. The van der Waals surface area contributed by atoms with Crippen molar-refractivity contribution in [3.05, 3.63) is 0 Å². The van der Waals surface area contributed by atoms with Gasteiger partial charge in [0.25, 0.3) is 0 Å². The van der Waals surface area contributed by atoms with Crippen molar-refractivity contribution in [3.8, 4) is 0 Å². The Bertz CT molecular complexity index is 248. The second-order valence-electron chi connectivity index (χ2n) is 4.98. The minimum atomic E-state index is -3.49. The van der Waals surface area contributed by atoms with Gasteiger partial charge < -0.3 is 0 Å². The highest BCUT2D eigenvalue weighted by Gasteiger charge is 2.02. The van der Waals surface area contributed by atoms with Crippen LogP contribution in [-0.2, 0) is 10.0 Å². The van der Waals surface area contributed by atoms with Crippen LogP contribution in [0.2, 0.25) is 0 Å². The van der Waals surface area contributed by atoms with E-state index in [4.69, 9.17) is 5.14 Å². The van der Waals surface area contributed by atoms with E-state index in [9.17, 15) is 8.42 Å². The summed E-state index contributed by atoms with van der Waals surface area (Å²) in [7, 11) is -3.49. The monoisotopic (exact) mass is 248 g/mol. The Kier molecular flexibility index (Phi) is 8.94. The van der Waals surface area contributed by atoms with E-state index in [-0.39, 0.29) is 5.75 Å². The molecule has 0 aromatic rings. The van der Waals surface area contributed by atoms with Crippen LogP contribution in [0.25, 0.3) is 0 Å². The molecular weight excluding hydrogens is 222 g/mol. The lowest BCUT2D eigenvalue weighted by Crippen LogP contribution is -2.05. The van der Waals surface area contributed by atoms with Crippen LogP contribution in [0.3, 0.4) is 0 Å². The molecule has 1 radical (unpaired) electrons. The molecule has 0 atom stereocenters. The van der Waals surface area contributed by atoms with Gasteiger partial charge in [-0.1, -0.05) is 58.8 Å². The van der Waals surface area contributed by atoms with Crippen LogP contribution in [0.15, 0.2) is 0 Å². The third kappa shape index (κ3) is 13.9. The molecule has 0 saturated heterocycles. The Labute approximate surface area is 101 Å². The van der Waals surface area contributed by atoms with Crippen molar-refractivity contribution in [1.29, 1.82) is 0 Å². The van der Waals surface area contributed by atoms with Crippen LogP contribution in [0.1, 0.15) is 65.2 Å². The Morgan fingerprint density at radius 1 is 0.875 bits per heavy atom. The zero-order valence-corrected chi connectivity index (χ0v) is 11.5. The molecule has 4 heteroatoms. The second-order valence-corrected chi connectivity index (χ2v) is 6.61. The van der Waals surface area contributed by atoms with Gasteiger partial charge in [-0.25, -0.2) is 8.42 Å². The molecule has 97 valence electrons. The summed E-state index contributed by atoms with van der Waals surface area (Å²) < 4.78 is 21.1. The number of sulfonamides is 1. The maximum absolute atomic E-state index is 10.5. The Morgan fingerprint density at radius 3 is 1.75 bits per heavy atom. The van der Waals surface area contributed by atoms with Crippen LogP contribution < -0.4 is 5.14 Å². The van der Waals surface area contributed by atoms with Crippen molar-refractivity contribution in [1.82, 2.24) is 5.14 Å². The van der Waals surface area contributed by atoms with Crippen molar-refractivity contribution < 1.29 is 8.42 Å². The molecule has 0 bridgehead atoms. The van der Waals surface area contributed by atoms with Crippen LogP contribution in [0.5, 0.6) is 0 Å². The van der Waals surface area contributed by atoms with Crippen molar-refractivity contribution in [2.45, 2.75) is 65.2 Å². The summed E-state index contributed by atoms with van der Waals surface area (Å²) in [5.41, 5.74) is 0. The summed E-state index contributed by atoms with van der Waals surface area (Å²) in [6.07, 6.45) is 9.11. The van der Waals surface area contributed by atoms with E-state index >= 15 is 0 Å². The first-order valence-electron chi connectivity index (χ1n) is 6.39. The predicted octanol–water partition coefficient (Wildman–Crippen LogP) is 3.38. The summed E-state index contributed by atoms with van der Waals surface area (Å²) in [5, 5.41) is 6.72. The highest BCUT2D eigenvalue weighted by atomic mass is 32.2. The smallest absolute Gasteiger partial charge is 0.211 e. The van der Waals surface area contributed by atoms with Crippen molar-refractivity contribution in [2.24, 2.45) is 5.92 Å². The number of hydrogen-bond acceptors (Lipinski definition) is 2. The largest absolute Gasteiger partial charge is 0.225 e. The summed E-state index contributed by atoms with van der Waals surface area (Å²) in [5.74, 6) is 0.836. The first kappa shape index (κ1) is 15.9. The minimum absolute atomic E-state index is 0.0281. The Balaban J connectivity index is 3.10. The zero-order chi connectivity index (χ0) is 12.4. The minimum Gasteiger partial charge on any atom is -0.211 e.